The van der Waals surface area contributed by atoms with Crippen LogP contribution in [0.15, 0.2) is 35.5 Å². The van der Waals surface area contributed by atoms with Crippen molar-refractivity contribution in [3.05, 3.63) is 36.2 Å². The van der Waals surface area contributed by atoms with Crippen LogP contribution in [-0.2, 0) is 16.1 Å². The van der Waals surface area contributed by atoms with Gasteiger partial charge in [0.2, 0.25) is 11.8 Å². The Labute approximate surface area is 174 Å². The fourth-order valence-corrected chi connectivity index (χ4v) is 3.97. The Bertz CT molecular complexity index is 903. The Balaban J connectivity index is 1.77. The predicted molar refractivity (Wildman–Crippen MR) is 110 cm³/mol. The molecule has 0 saturated heterocycles. The first-order valence-electron chi connectivity index (χ1n) is 9.62. The Morgan fingerprint density at radius 1 is 1.34 bits per heavy atom. The zero-order chi connectivity index (χ0) is 20.8. The van der Waals surface area contributed by atoms with E-state index in [1.54, 1.807) is 4.90 Å². The first kappa shape index (κ1) is 20.9. The van der Waals surface area contributed by atoms with E-state index < -0.39 is 5.25 Å². The molecule has 1 aromatic carbocycles. The van der Waals surface area contributed by atoms with Crippen LogP contribution in [0.2, 0.25) is 0 Å². The molecular weight excluding hydrogens is 388 g/mol. The number of primary amides is 1. The van der Waals surface area contributed by atoms with Gasteiger partial charge in [-0.2, -0.15) is 5.26 Å². The second-order valence-corrected chi connectivity index (χ2v) is 8.28. The van der Waals surface area contributed by atoms with Gasteiger partial charge in [0.05, 0.1) is 17.7 Å². The van der Waals surface area contributed by atoms with E-state index in [0.717, 1.165) is 24.4 Å². The first-order chi connectivity index (χ1) is 14.0. The van der Waals surface area contributed by atoms with Crippen LogP contribution in [0.3, 0.4) is 0 Å². The number of nitrogens with zero attached hydrogens (tertiary/aromatic N) is 5. The van der Waals surface area contributed by atoms with Crippen molar-refractivity contribution in [2.75, 3.05) is 11.4 Å². The zero-order valence-electron chi connectivity index (χ0n) is 16.3. The van der Waals surface area contributed by atoms with E-state index in [0.29, 0.717) is 24.2 Å². The van der Waals surface area contributed by atoms with Gasteiger partial charge in [-0.05, 0) is 31.9 Å². The number of nitrogens with two attached hydrogens (primary N) is 1. The number of benzene rings is 1. The van der Waals surface area contributed by atoms with E-state index in [9.17, 15) is 9.59 Å². The molecule has 0 radical (unpaired) electrons. The first-order valence-corrected chi connectivity index (χ1v) is 10.5. The predicted octanol–water partition coefficient (Wildman–Crippen LogP) is 2.46. The van der Waals surface area contributed by atoms with Crippen LogP contribution in [0.4, 0.5) is 5.69 Å². The number of amides is 2. The Morgan fingerprint density at radius 2 is 2.07 bits per heavy atom. The van der Waals surface area contributed by atoms with E-state index in [2.05, 4.69) is 16.3 Å². The molecule has 2 N–H and O–H groups in total. The van der Waals surface area contributed by atoms with Crippen LogP contribution in [0.1, 0.15) is 44.3 Å². The molecule has 2 amide bonds. The van der Waals surface area contributed by atoms with Crippen molar-refractivity contribution >= 4 is 29.3 Å². The van der Waals surface area contributed by atoms with Gasteiger partial charge in [0, 0.05) is 31.1 Å². The van der Waals surface area contributed by atoms with E-state index in [1.807, 2.05) is 41.8 Å². The lowest BCUT2D eigenvalue weighted by atomic mass is 10.2. The highest BCUT2D eigenvalue weighted by Gasteiger charge is 2.32. The maximum atomic E-state index is 13.1. The van der Waals surface area contributed by atoms with Gasteiger partial charge in [-0.3, -0.25) is 9.59 Å². The second-order valence-electron chi connectivity index (χ2n) is 6.98. The summed E-state index contributed by atoms with van der Waals surface area (Å²) in [5.74, 6) is 0.742. The highest BCUT2D eigenvalue weighted by Crippen LogP contribution is 2.40. The molecule has 0 spiro atoms. The molecule has 29 heavy (non-hydrogen) atoms. The highest BCUT2D eigenvalue weighted by molar-refractivity contribution is 8.00. The summed E-state index contributed by atoms with van der Waals surface area (Å²) in [6, 6.07) is 11.4. The van der Waals surface area contributed by atoms with Gasteiger partial charge >= 0.3 is 0 Å². The molecule has 0 aliphatic heterocycles. The molecular formula is C20H24N6O2S. The van der Waals surface area contributed by atoms with Crippen molar-refractivity contribution in [2.24, 2.45) is 5.73 Å². The normalized spacial score (nSPS) is 14.2. The van der Waals surface area contributed by atoms with Crippen LogP contribution in [0.25, 0.3) is 0 Å². The molecule has 3 rings (SSSR count). The van der Waals surface area contributed by atoms with Gasteiger partial charge in [-0.25, -0.2) is 0 Å². The number of anilines is 1. The fourth-order valence-electron chi connectivity index (χ4n) is 3.03. The number of thioether (sulfide) groups is 1. The molecule has 2 aromatic rings. The van der Waals surface area contributed by atoms with Crippen molar-refractivity contribution in [1.82, 2.24) is 14.8 Å². The number of carbonyl (C=O) groups is 2. The number of rotatable bonds is 10. The maximum absolute atomic E-state index is 13.1. The minimum atomic E-state index is -0.433. The van der Waals surface area contributed by atoms with Crippen LogP contribution in [0, 0.1) is 11.3 Å². The summed E-state index contributed by atoms with van der Waals surface area (Å²) in [7, 11) is 0. The van der Waals surface area contributed by atoms with Crippen LogP contribution in [0.5, 0.6) is 0 Å². The molecule has 1 atom stereocenters. The topological polar surface area (TPSA) is 118 Å². The number of hydrogen-bond acceptors (Lipinski definition) is 6. The summed E-state index contributed by atoms with van der Waals surface area (Å²) >= 11 is 1.32. The molecule has 152 valence electrons. The lowest BCUT2D eigenvalue weighted by Gasteiger charge is -2.24. The van der Waals surface area contributed by atoms with Crippen molar-refractivity contribution in [2.45, 2.75) is 55.5 Å². The standard InChI is InChI=1S/C20H24N6O2S/c1-14(19(28)25(12-5-11-21)16-6-3-2-4-7-16)29-20-24-23-18(15-8-9-15)26(20)13-10-17(22)27/h2-4,6-7,14-15H,5,8-10,12-13H2,1H3,(H2,22,27). The third-order valence-corrected chi connectivity index (χ3v) is 5.75. The molecule has 0 bridgehead atoms. The number of carbonyl (C=O) groups excluding carboxylic acids is 2. The van der Waals surface area contributed by atoms with Crippen molar-refractivity contribution < 1.29 is 9.59 Å². The molecule has 1 unspecified atom stereocenters. The van der Waals surface area contributed by atoms with E-state index in [4.69, 9.17) is 11.0 Å². The van der Waals surface area contributed by atoms with Crippen LogP contribution in [-0.4, -0.2) is 38.4 Å². The van der Waals surface area contributed by atoms with Crippen LogP contribution < -0.4 is 10.6 Å². The molecule has 1 aliphatic rings. The smallest absolute Gasteiger partial charge is 0.240 e. The molecule has 1 fully saturated rings. The quantitative estimate of drug-likeness (QED) is 0.599. The number of para-hydroxylation sites is 1. The Hall–Kier alpha value is -2.86. The third-order valence-electron chi connectivity index (χ3n) is 4.68. The van der Waals surface area contributed by atoms with Gasteiger partial charge in [0.15, 0.2) is 5.16 Å². The molecule has 9 heteroatoms. The molecule has 1 aromatic heterocycles. The monoisotopic (exact) mass is 412 g/mol. The van der Waals surface area contributed by atoms with Crippen molar-refractivity contribution in [3.8, 4) is 6.07 Å². The Morgan fingerprint density at radius 3 is 2.69 bits per heavy atom. The third kappa shape index (κ3) is 5.35. The van der Waals surface area contributed by atoms with Gasteiger partial charge in [0.1, 0.15) is 5.82 Å². The fraction of sp³-hybridized carbons (Fsp3) is 0.450. The molecule has 1 heterocycles. The van der Waals surface area contributed by atoms with E-state index >= 15 is 0 Å². The van der Waals surface area contributed by atoms with E-state index in [-0.39, 0.29) is 24.7 Å². The summed E-state index contributed by atoms with van der Waals surface area (Å²) in [4.78, 5) is 26.0. The largest absolute Gasteiger partial charge is 0.370 e. The van der Waals surface area contributed by atoms with Gasteiger partial charge in [-0.15, -0.1) is 10.2 Å². The second kappa shape index (κ2) is 9.56. The minimum absolute atomic E-state index is 0.103. The van der Waals surface area contributed by atoms with E-state index in [1.165, 1.54) is 11.8 Å². The van der Waals surface area contributed by atoms with Crippen LogP contribution >= 0.6 is 11.8 Å². The average molecular weight is 413 g/mol. The van der Waals surface area contributed by atoms with Gasteiger partial charge < -0.3 is 15.2 Å². The number of nitriles is 1. The maximum Gasteiger partial charge on any atom is 0.240 e. The average Bonchev–Trinajstić information content (AvgIpc) is 3.48. The van der Waals surface area contributed by atoms with Crippen molar-refractivity contribution in [3.63, 3.8) is 0 Å². The molecule has 1 aliphatic carbocycles. The SMILES string of the molecule is CC(Sc1nnc(C2CC2)n1CCC(N)=O)C(=O)N(CCC#N)c1ccccc1. The summed E-state index contributed by atoms with van der Waals surface area (Å²) < 4.78 is 1.92. The molecule has 1 saturated carbocycles. The lowest BCUT2D eigenvalue weighted by molar-refractivity contribution is -0.118. The summed E-state index contributed by atoms with van der Waals surface area (Å²) in [6.07, 6.45) is 2.57. The summed E-state index contributed by atoms with van der Waals surface area (Å²) in [5, 5.41) is 17.7. The van der Waals surface area contributed by atoms with Crippen molar-refractivity contribution in [1.29, 1.82) is 5.26 Å². The summed E-state index contributed by atoms with van der Waals surface area (Å²) in [6.45, 7) is 2.55. The number of hydrogen-bond donors (Lipinski definition) is 1. The zero-order valence-corrected chi connectivity index (χ0v) is 17.1. The Kier molecular flexibility index (Phi) is 6.88. The van der Waals surface area contributed by atoms with Gasteiger partial charge in [-0.1, -0.05) is 30.0 Å². The lowest BCUT2D eigenvalue weighted by Crippen LogP contribution is -2.37. The summed E-state index contributed by atoms with van der Waals surface area (Å²) in [5.41, 5.74) is 6.07. The highest BCUT2D eigenvalue weighted by atomic mass is 32.2. The van der Waals surface area contributed by atoms with Gasteiger partial charge in [0.25, 0.3) is 0 Å². The number of aromatic nitrogens is 3. The minimum Gasteiger partial charge on any atom is -0.370 e. The molecule has 8 nitrogen and oxygen atoms in total.